The van der Waals surface area contributed by atoms with Crippen LogP contribution in [0.25, 0.3) is 0 Å². The van der Waals surface area contributed by atoms with Crippen molar-refractivity contribution in [2.45, 2.75) is 77.8 Å². The van der Waals surface area contributed by atoms with E-state index in [2.05, 4.69) is 38.8 Å². The van der Waals surface area contributed by atoms with Crippen LogP contribution >= 0.6 is 0 Å². The summed E-state index contributed by atoms with van der Waals surface area (Å²) in [6.45, 7) is 17.6. The summed E-state index contributed by atoms with van der Waals surface area (Å²) in [6, 6.07) is 0. The Morgan fingerprint density at radius 3 is 2.05 bits per heavy atom. The van der Waals surface area contributed by atoms with Crippen molar-refractivity contribution in [2.75, 3.05) is 0 Å². The molecule has 1 aromatic rings. The van der Waals surface area contributed by atoms with Crippen molar-refractivity contribution in [1.29, 1.82) is 0 Å². The van der Waals surface area contributed by atoms with E-state index >= 15 is 0 Å². The van der Waals surface area contributed by atoms with Crippen molar-refractivity contribution >= 4 is 26.4 Å². The fourth-order valence-electron chi connectivity index (χ4n) is 1.49. The molecule has 0 radical (unpaired) electrons. The Balaban J connectivity index is 2.98. The molecule has 1 aromatic heterocycles. The lowest BCUT2D eigenvalue weighted by molar-refractivity contribution is -0.0986. The van der Waals surface area contributed by atoms with Gasteiger partial charge in [-0.25, -0.2) is 4.98 Å². The van der Waals surface area contributed by atoms with Crippen molar-refractivity contribution in [3.05, 3.63) is 6.20 Å². The van der Waals surface area contributed by atoms with Gasteiger partial charge in [-0.15, -0.1) is 0 Å². The van der Waals surface area contributed by atoms with Crippen LogP contribution < -0.4 is 11.2 Å². The van der Waals surface area contributed by atoms with Crippen molar-refractivity contribution < 1.29 is 19.2 Å². The molecule has 0 unspecified atom stereocenters. The quantitative estimate of drug-likeness (QED) is 0.804. The average Bonchev–Trinajstić information content (AvgIpc) is 2.74. The van der Waals surface area contributed by atoms with Gasteiger partial charge < -0.3 is 19.2 Å². The summed E-state index contributed by atoms with van der Waals surface area (Å²) in [5.74, 6) is 0. The average molecular weight is 327 g/mol. The summed E-state index contributed by atoms with van der Waals surface area (Å²) >= 11 is 0. The van der Waals surface area contributed by atoms with E-state index in [1.54, 1.807) is 27.7 Å². The molecule has 22 heavy (non-hydrogen) atoms. The normalized spacial score (nSPS) is 14.3. The highest BCUT2D eigenvalue weighted by Crippen LogP contribution is 2.35. The first-order chi connectivity index (χ1) is 9.59. The van der Waals surface area contributed by atoms with Crippen molar-refractivity contribution in [1.82, 2.24) is 4.98 Å². The zero-order chi connectivity index (χ0) is 17.6. The second kappa shape index (κ2) is 5.78. The van der Waals surface area contributed by atoms with Gasteiger partial charge in [0, 0.05) is 0 Å². The van der Waals surface area contributed by atoms with Crippen LogP contribution in [0, 0.1) is 0 Å². The second-order valence-corrected chi connectivity index (χ2v) is 13.7. The van der Waals surface area contributed by atoms with Gasteiger partial charge in [-0.05, 0) is 32.7 Å². The summed E-state index contributed by atoms with van der Waals surface area (Å²) in [5.41, 5.74) is -1.07. The Hall–Kier alpha value is -0.628. The zero-order valence-electron chi connectivity index (χ0n) is 15.3. The maximum Gasteiger partial charge on any atom is 0.531 e. The first-order valence-corrected chi connectivity index (χ1v) is 10.6. The van der Waals surface area contributed by atoms with Crippen LogP contribution in [0.15, 0.2) is 10.6 Å². The minimum atomic E-state index is -1.90. The van der Waals surface area contributed by atoms with Gasteiger partial charge in [0.25, 0.3) is 0 Å². The van der Waals surface area contributed by atoms with Gasteiger partial charge in [-0.2, -0.15) is 0 Å². The fraction of sp³-hybridized carbons (Fsp3) is 0.800. The molecule has 0 amide bonds. The summed E-state index contributed by atoms with van der Waals surface area (Å²) in [5, 5.41) is 20.4. The van der Waals surface area contributed by atoms with Gasteiger partial charge in [-0.1, -0.05) is 33.9 Å². The molecule has 0 fully saturated rings. The predicted octanol–water partition coefficient (Wildman–Crippen LogP) is 1.64. The number of hydrogen-bond donors (Lipinski definition) is 2. The third-order valence-corrected chi connectivity index (χ3v) is 10.1. The molecular weight excluding hydrogens is 297 g/mol. The topological polar surface area (TPSA) is 75.7 Å². The Morgan fingerprint density at radius 2 is 1.64 bits per heavy atom. The Bertz CT molecular complexity index is 514. The lowest BCUT2D eigenvalue weighted by Crippen LogP contribution is -2.53. The summed E-state index contributed by atoms with van der Waals surface area (Å²) in [6.07, 6.45) is 1.51. The molecule has 0 aliphatic heterocycles. The number of oxazole rings is 1. The summed E-state index contributed by atoms with van der Waals surface area (Å²) in [7, 11) is -3.15. The van der Waals surface area contributed by atoms with Gasteiger partial charge >= 0.3 is 7.12 Å². The van der Waals surface area contributed by atoms with Crippen molar-refractivity contribution in [2.24, 2.45) is 0 Å². The molecule has 0 saturated carbocycles. The van der Waals surface area contributed by atoms with Crippen molar-refractivity contribution in [3.63, 3.8) is 0 Å². The highest BCUT2D eigenvalue weighted by Gasteiger charge is 2.44. The number of aliphatic hydroxyl groups is 1. The molecule has 0 atom stereocenters. The maximum atomic E-state index is 10.2. The number of aromatic nitrogens is 1. The molecule has 0 aliphatic carbocycles. The SMILES string of the molecule is CC(C)(O)C(C)(C)OB(O)c1cnc([Si](C)(C)C(C)(C)C)o1. The number of rotatable bonds is 5. The smallest absolute Gasteiger partial charge is 0.454 e. The van der Waals surface area contributed by atoms with Crippen LogP contribution in [0.3, 0.4) is 0 Å². The lowest BCUT2D eigenvalue weighted by atomic mass is 9.81. The molecule has 0 bridgehead atoms. The lowest BCUT2D eigenvalue weighted by Gasteiger charge is -2.38. The minimum Gasteiger partial charge on any atom is -0.454 e. The van der Waals surface area contributed by atoms with Gasteiger partial charge in [0.1, 0.15) is 0 Å². The van der Waals surface area contributed by atoms with Crippen molar-refractivity contribution in [3.8, 4) is 0 Å². The molecule has 0 saturated heterocycles. The number of hydrogen-bond acceptors (Lipinski definition) is 5. The summed E-state index contributed by atoms with van der Waals surface area (Å²) in [4.78, 5) is 4.36. The van der Waals surface area contributed by atoms with Gasteiger partial charge in [0.2, 0.25) is 0 Å². The molecule has 0 spiro atoms. The molecule has 1 heterocycles. The maximum absolute atomic E-state index is 10.2. The van der Waals surface area contributed by atoms with E-state index in [1.165, 1.54) is 6.20 Å². The summed E-state index contributed by atoms with van der Waals surface area (Å²) < 4.78 is 11.4. The second-order valence-electron chi connectivity index (χ2n) is 8.48. The van der Waals surface area contributed by atoms with Crippen LogP contribution in [0.1, 0.15) is 48.5 Å². The Morgan fingerprint density at radius 1 is 1.14 bits per heavy atom. The Labute approximate surface area is 135 Å². The standard InChI is InChI=1S/C15H30BNO4Si/c1-13(2,3)22(8,9)12-17-10-11(20-12)16(19)21-15(6,7)14(4,5)18/h10,18-19H,1-9H3. The third kappa shape index (κ3) is 3.82. The van der Waals surface area contributed by atoms with Crippen LogP contribution in [0.2, 0.25) is 18.1 Å². The highest BCUT2D eigenvalue weighted by atomic mass is 28.3. The third-order valence-electron chi connectivity index (χ3n) is 5.06. The zero-order valence-corrected chi connectivity index (χ0v) is 16.3. The van der Waals surface area contributed by atoms with E-state index in [0.717, 1.165) is 0 Å². The largest absolute Gasteiger partial charge is 0.531 e. The minimum absolute atomic E-state index is 0.0906. The Kier molecular flexibility index (Phi) is 5.10. The predicted molar refractivity (Wildman–Crippen MR) is 92.4 cm³/mol. The van der Waals surface area contributed by atoms with Crippen LogP contribution in [0.5, 0.6) is 0 Å². The van der Waals surface area contributed by atoms with Gasteiger partial charge in [0.15, 0.2) is 19.2 Å². The molecule has 126 valence electrons. The van der Waals surface area contributed by atoms with E-state index in [9.17, 15) is 10.1 Å². The van der Waals surface area contributed by atoms with Crippen LogP contribution in [-0.2, 0) is 4.65 Å². The van der Waals surface area contributed by atoms with Gasteiger partial charge in [0.05, 0.1) is 17.4 Å². The molecular formula is C15H30BNO4Si. The fourth-order valence-corrected chi connectivity index (χ4v) is 2.89. The van der Waals surface area contributed by atoms with E-state index in [4.69, 9.17) is 9.07 Å². The van der Waals surface area contributed by atoms with E-state index in [1.807, 2.05) is 0 Å². The van der Waals surface area contributed by atoms with E-state index in [-0.39, 0.29) is 10.7 Å². The van der Waals surface area contributed by atoms with E-state index in [0.29, 0.717) is 5.51 Å². The molecule has 1 rings (SSSR count). The van der Waals surface area contributed by atoms with Crippen LogP contribution in [-0.4, -0.2) is 41.5 Å². The molecule has 2 N–H and O–H groups in total. The molecule has 5 nitrogen and oxygen atoms in total. The van der Waals surface area contributed by atoms with E-state index < -0.39 is 26.4 Å². The highest BCUT2D eigenvalue weighted by molar-refractivity contribution is 6.90. The molecule has 7 heteroatoms. The molecule has 0 aliphatic rings. The van der Waals surface area contributed by atoms with Gasteiger partial charge in [-0.3, -0.25) is 0 Å². The molecule has 0 aromatic carbocycles. The monoisotopic (exact) mass is 327 g/mol. The first kappa shape index (κ1) is 19.4. The number of nitrogens with zero attached hydrogens (tertiary/aromatic N) is 1. The first-order valence-electron chi connectivity index (χ1n) is 7.64. The van der Waals surface area contributed by atoms with Crippen LogP contribution in [0.4, 0.5) is 0 Å².